The highest BCUT2D eigenvalue weighted by molar-refractivity contribution is 6.32. The lowest BCUT2D eigenvalue weighted by atomic mass is 9.86. The number of H-pyrrole nitrogens is 1. The molecule has 0 unspecified atom stereocenters. The smallest absolute Gasteiger partial charge is 0.245 e. The molecule has 5 rings (SSSR count). The molecule has 1 amide bonds. The fourth-order valence-electron chi connectivity index (χ4n) is 5.88. The molecule has 3 aromatic rings. The molecule has 3 heterocycles. The average molecular weight is 557 g/mol. The van der Waals surface area contributed by atoms with Gasteiger partial charge in [-0.2, -0.15) is 5.10 Å². The zero-order valence-electron chi connectivity index (χ0n) is 22.3. The number of aromatic amines is 1. The summed E-state index contributed by atoms with van der Waals surface area (Å²) in [6.07, 6.45) is 7.32. The summed E-state index contributed by atoms with van der Waals surface area (Å²) >= 11 is 13.2. The Morgan fingerprint density at radius 2 is 1.87 bits per heavy atom. The number of likely N-dealkylation sites (tertiary alicyclic amines) is 1. The predicted molar refractivity (Wildman–Crippen MR) is 151 cm³/mol. The molecule has 2 aromatic heterocycles. The summed E-state index contributed by atoms with van der Waals surface area (Å²) in [7, 11) is 0. The van der Waals surface area contributed by atoms with Gasteiger partial charge in [0.1, 0.15) is 11.5 Å². The van der Waals surface area contributed by atoms with Crippen LogP contribution in [0.15, 0.2) is 24.8 Å². The molecule has 9 heteroatoms. The molecule has 7 nitrogen and oxygen atoms in total. The maximum Gasteiger partial charge on any atom is 0.245 e. The number of amides is 1. The van der Waals surface area contributed by atoms with E-state index in [1.54, 1.807) is 4.90 Å². The number of nitrogens with zero attached hydrogens (tertiary/aromatic N) is 4. The second-order valence-electron chi connectivity index (χ2n) is 11.7. The van der Waals surface area contributed by atoms with Crippen molar-refractivity contribution in [1.29, 1.82) is 0 Å². The molecule has 2 fully saturated rings. The molecule has 38 heavy (non-hydrogen) atoms. The van der Waals surface area contributed by atoms with Gasteiger partial charge in [-0.1, -0.05) is 63.4 Å². The van der Waals surface area contributed by atoms with Gasteiger partial charge in [-0.3, -0.25) is 14.7 Å². The number of nitrogens with one attached hydrogen (secondary N) is 1. The number of hydrogen-bond acceptors (Lipinski definition) is 4. The molecule has 1 aliphatic carbocycles. The van der Waals surface area contributed by atoms with Gasteiger partial charge in [-0.05, 0) is 48.4 Å². The number of imidazole rings is 1. The Morgan fingerprint density at radius 1 is 1.16 bits per heavy atom. The largest absolute Gasteiger partial charge is 0.338 e. The first-order valence-electron chi connectivity index (χ1n) is 13.4. The monoisotopic (exact) mass is 555 g/mol. The standard InChI is InChI=1S/C29H35Cl2N5O2/c1-5-26(38)35-15-17(16-35)12-24(37)27-28(31)32-25(36(27)18-8-6-7-9-18)11-10-22-19-13-20(29(2,3)4)21(30)14-23(19)34-33-22/h5,13-14,17-18H,1,6-12,15-16H2,2-4H3,(H,33,34). The zero-order valence-corrected chi connectivity index (χ0v) is 23.8. The Hall–Kier alpha value is -2.64. The highest BCUT2D eigenvalue weighted by Crippen LogP contribution is 2.37. The van der Waals surface area contributed by atoms with E-state index in [2.05, 4.69) is 48.2 Å². The highest BCUT2D eigenvalue weighted by atomic mass is 35.5. The van der Waals surface area contributed by atoms with Crippen LogP contribution < -0.4 is 0 Å². The fourth-order valence-corrected chi connectivity index (χ4v) is 6.62. The molecule has 0 bridgehead atoms. The fraction of sp³-hybridized carbons (Fsp3) is 0.517. The van der Waals surface area contributed by atoms with Crippen LogP contribution in [0.25, 0.3) is 10.9 Å². The molecule has 1 aliphatic heterocycles. The summed E-state index contributed by atoms with van der Waals surface area (Å²) in [5.74, 6) is 0.897. The molecule has 2 aliphatic rings. The van der Waals surface area contributed by atoms with Crippen LogP contribution in [0.3, 0.4) is 0 Å². The van der Waals surface area contributed by atoms with Gasteiger partial charge in [-0.25, -0.2) is 4.98 Å². The first-order valence-corrected chi connectivity index (χ1v) is 14.2. The van der Waals surface area contributed by atoms with E-state index in [-0.39, 0.29) is 34.2 Å². The molecule has 0 atom stereocenters. The van der Waals surface area contributed by atoms with Gasteiger partial charge in [0.05, 0.1) is 5.52 Å². The van der Waals surface area contributed by atoms with Crippen LogP contribution in [0.1, 0.15) is 86.5 Å². The number of benzene rings is 1. The van der Waals surface area contributed by atoms with E-state index in [0.29, 0.717) is 38.0 Å². The Bertz CT molecular complexity index is 1390. The second-order valence-corrected chi connectivity index (χ2v) is 12.5. The third-order valence-electron chi connectivity index (χ3n) is 7.94. The number of carbonyl (C=O) groups is 2. The van der Waals surface area contributed by atoms with Crippen LogP contribution in [0.4, 0.5) is 0 Å². The minimum absolute atomic E-state index is 0.00722. The number of Topliss-reactive ketones (excluding diaryl/α,β-unsaturated/α-hetero) is 1. The van der Waals surface area contributed by atoms with E-state index in [0.717, 1.165) is 58.7 Å². The maximum atomic E-state index is 13.5. The second kappa shape index (κ2) is 10.5. The molecule has 1 saturated carbocycles. The zero-order chi connectivity index (χ0) is 27.2. The summed E-state index contributed by atoms with van der Waals surface area (Å²) in [6.45, 7) is 11.1. The Morgan fingerprint density at radius 3 is 2.53 bits per heavy atom. The summed E-state index contributed by atoms with van der Waals surface area (Å²) < 4.78 is 2.12. The van der Waals surface area contributed by atoms with Gasteiger partial charge in [0.15, 0.2) is 10.9 Å². The SMILES string of the molecule is C=CC(=O)N1CC(CC(=O)c2c(Cl)nc(CCc3[nH]nc4cc(Cl)c(C(C)(C)C)cc34)n2C2CCCC2)C1. The van der Waals surface area contributed by atoms with Crippen molar-refractivity contribution < 1.29 is 9.59 Å². The van der Waals surface area contributed by atoms with E-state index in [9.17, 15) is 9.59 Å². The summed E-state index contributed by atoms with van der Waals surface area (Å²) in [5, 5.41) is 9.75. The van der Waals surface area contributed by atoms with Crippen LogP contribution in [0.5, 0.6) is 0 Å². The van der Waals surface area contributed by atoms with E-state index >= 15 is 0 Å². The third-order valence-corrected chi connectivity index (χ3v) is 8.52. The number of aryl methyl sites for hydroxylation is 2. The van der Waals surface area contributed by atoms with Crippen molar-refractivity contribution in [1.82, 2.24) is 24.6 Å². The number of halogens is 2. The van der Waals surface area contributed by atoms with Crippen LogP contribution >= 0.6 is 23.2 Å². The van der Waals surface area contributed by atoms with Crippen molar-refractivity contribution in [3.8, 4) is 0 Å². The Labute approximate surface area is 233 Å². The minimum Gasteiger partial charge on any atom is -0.338 e. The van der Waals surface area contributed by atoms with Crippen molar-refractivity contribution in [3.63, 3.8) is 0 Å². The van der Waals surface area contributed by atoms with Gasteiger partial charge >= 0.3 is 0 Å². The lowest BCUT2D eigenvalue weighted by Crippen LogP contribution is -2.50. The van der Waals surface area contributed by atoms with Gasteiger partial charge < -0.3 is 9.47 Å². The van der Waals surface area contributed by atoms with Crippen molar-refractivity contribution in [3.05, 3.63) is 57.7 Å². The summed E-state index contributed by atoms with van der Waals surface area (Å²) in [5.41, 5.74) is 3.39. The first kappa shape index (κ1) is 26.9. The third kappa shape index (κ3) is 5.15. The number of aromatic nitrogens is 4. The molecule has 1 saturated heterocycles. The number of rotatable bonds is 8. The summed E-state index contributed by atoms with van der Waals surface area (Å²) in [4.78, 5) is 31.7. The van der Waals surface area contributed by atoms with Crippen molar-refractivity contribution >= 4 is 45.8 Å². The van der Waals surface area contributed by atoms with Crippen LogP contribution in [-0.4, -0.2) is 49.4 Å². The summed E-state index contributed by atoms with van der Waals surface area (Å²) in [6, 6.07) is 4.30. The van der Waals surface area contributed by atoms with E-state index in [1.165, 1.54) is 6.08 Å². The molecular formula is C29H35Cl2N5O2. The molecule has 0 spiro atoms. The average Bonchev–Trinajstić information content (AvgIpc) is 3.56. The number of ketones is 1. The first-order chi connectivity index (χ1) is 18.1. The van der Waals surface area contributed by atoms with E-state index in [4.69, 9.17) is 28.2 Å². The maximum absolute atomic E-state index is 13.5. The molecule has 202 valence electrons. The van der Waals surface area contributed by atoms with Crippen molar-refractivity contribution in [2.75, 3.05) is 13.1 Å². The molecule has 0 radical (unpaired) electrons. The Kier molecular flexibility index (Phi) is 7.44. The number of fused-ring (bicyclic) bond motifs is 1. The van der Waals surface area contributed by atoms with Crippen molar-refractivity contribution in [2.45, 2.75) is 77.2 Å². The van der Waals surface area contributed by atoms with Crippen molar-refractivity contribution in [2.24, 2.45) is 5.92 Å². The van der Waals surface area contributed by atoms with E-state index in [1.807, 2.05) is 6.07 Å². The van der Waals surface area contributed by atoms with Gasteiger partial charge in [0.25, 0.3) is 0 Å². The lowest BCUT2D eigenvalue weighted by Gasteiger charge is -2.38. The topological polar surface area (TPSA) is 83.9 Å². The van der Waals surface area contributed by atoms with Gasteiger partial charge in [-0.15, -0.1) is 0 Å². The molecule has 1 N–H and O–H groups in total. The highest BCUT2D eigenvalue weighted by Gasteiger charge is 2.34. The Balaban J connectivity index is 1.39. The van der Waals surface area contributed by atoms with Crippen LogP contribution in [0.2, 0.25) is 10.2 Å². The van der Waals surface area contributed by atoms with Crippen LogP contribution in [0, 0.1) is 5.92 Å². The normalized spacial score (nSPS) is 16.8. The predicted octanol–water partition coefficient (Wildman–Crippen LogP) is 6.48. The number of hydrogen-bond donors (Lipinski definition) is 1. The quantitative estimate of drug-likeness (QED) is 0.254. The van der Waals surface area contributed by atoms with Gasteiger partial charge in [0.2, 0.25) is 5.91 Å². The lowest BCUT2D eigenvalue weighted by molar-refractivity contribution is -0.132. The minimum atomic E-state index is -0.0896. The number of carbonyl (C=O) groups excluding carboxylic acids is 2. The van der Waals surface area contributed by atoms with Gasteiger partial charge in [0, 0.05) is 54.0 Å². The molecular weight excluding hydrogens is 521 g/mol. The van der Waals surface area contributed by atoms with E-state index < -0.39 is 0 Å². The van der Waals surface area contributed by atoms with Crippen LogP contribution in [-0.2, 0) is 23.1 Å². The molecule has 1 aromatic carbocycles.